The van der Waals surface area contributed by atoms with Crippen molar-refractivity contribution < 1.29 is 9.18 Å². The Hall–Kier alpha value is -1.88. The summed E-state index contributed by atoms with van der Waals surface area (Å²) in [5.74, 6) is -0.818. The Labute approximate surface area is 121 Å². The van der Waals surface area contributed by atoms with Crippen LogP contribution in [0.3, 0.4) is 0 Å². The maximum atomic E-state index is 13.4. The van der Waals surface area contributed by atoms with Crippen LogP contribution in [0.25, 0.3) is 0 Å². The van der Waals surface area contributed by atoms with Crippen LogP contribution in [-0.4, -0.2) is 5.91 Å². The Morgan fingerprint density at radius 2 is 1.95 bits per heavy atom. The summed E-state index contributed by atoms with van der Waals surface area (Å²) >= 11 is 1.61. The van der Waals surface area contributed by atoms with Crippen molar-refractivity contribution in [3.05, 3.63) is 51.0 Å². The molecule has 0 aliphatic carbocycles. The number of carbonyl (C=O) groups is 1. The third kappa shape index (κ3) is 3.17. The molecule has 20 heavy (non-hydrogen) atoms. The molecule has 3 nitrogen and oxygen atoms in total. The largest absolute Gasteiger partial charge is 0.370 e. The van der Waals surface area contributed by atoms with Gasteiger partial charge in [0.25, 0.3) is 0 Å². The molecule has 0 aliphatic heterocycles. The molecule has 1 aromatic carbocycles. The highest BCUT2D eigenvalue weighted by molar-refractivity contribution is 7.12. The van der Waals surface area contributed by atoms with E-state index in [4.69, 9.17) is 5.73 Å². The van der Waals surface area contributed by atoms with E-state index in [0.29, 0.717) is 5.69 Å². The van der Waals surface area contributed by atoms with E-state index in [-0.39, 0.29) is 5.82 Å². The summed E-state index contributed by atoms with van der Waals surface area (Å²) in [4.78, 5) is 13.9. The number of rotatable bonds is 4. The van der Waals surface area contributed by atoms with Crippen LogP contribution in [0.1, 0.15) is 26.9 Å². The first kappa shape index (κ1) is 14.5. The van der Waals surface area contributed by atoms with Crippen molar-refractivity contribution in [2.75, 3.05) is 5.32 Å². The fraction of sp³-hybridized carbons (Fsp3) is 0.267. The summed E-state index contributed by atoms with van der Waals surface area (Å²) in [5, 5.41) is 3.02. The first-order valence-electron chi connectivity index (χ1n) is 6.27. The Morgan fingerprint density at radius 1 is 1.25 bits per heavy atom. The van der Waals surface area contributed by atoms with E-state index in [1.165, 1.54) is 12.1 Å². The van der Waals surface area contributed by atoms with Gasteiger partial charge in [0.15, 0.2) is 0 Å². The van der Waals surface area contributed by atoms with Crippen molar-refractivity contribution in [2.24, 2.45) is 5.73 Å². The number of benzene rings is 1. The van der Waals surface area contributed by atoms with E-state index >= 15 is 0 Å². The number of halogens is 1. The van der Waals surface area contributed by atoms with Gasteiger partial charge >= 0.3 is 0 Å². The van der Waals surface area contributed by atoms with Crippen LogP contribution in [0.2, 0.25) is 0 Å². The summed E-state index contributed by atoms with van der Waals surface area (Å²) in [7, 11) is 0. The number of nitrogens with one attached hydrogen (secondary N) is 1. The summed E-state index contributed by atoms with van der Waals surface area (Å²) in [6, 6.07) is 5.87. The summed E-state index contributed by atoms with van der Waals surface area (Å²) in [5.41, 5.74) is 7.67. The molecule has 0 radical (unpaired) electrons. The van der Waals surface area contributed by atoms with Crippen LogP contribution in [0.15, 0.2) is 24.3 Å². The Bertz CT molecular complexity index is 631. The van der Waals surface area contributed by atoms with Crippen molar-refractivity contribution in [2.45, 2.75) is 26.8 Å². The molecular weight excluding hydrogens is 275 g/mol. The molecule has 2 rings (SSSR count). The number of nitrogens with two attached hydrogens (primary N) is 1. The van der Waals surface area contributed by atoms with Crippen molar-refractivity contribution in [3.8, 4) is 0 Å². The number of primary amides is 1. The molecule has 0 bridgehead atoms. The highest BCUT2D eigenvalue weighted by Crippen LogP contribution is 2.29. The van der Waals surface area contributed by atoms with Gasteiger partial charge in [0.1, 0.15) is 11.9 Å². The quantitative estimate of drug-likeness (QED) is 0.907. The molecule has 3 N–H and O–H groups in total. The zero-order valence-corrected chi connectivity index (χ0v) is 12.5. The van der Waals surface area contributed by atoms with Crippen molar-refractivity contribution in [3.63, 3.8) is 0 Å². The number of anilines is 1. The molecule has 106 valence electrons. The average molecular weight is 292 g/mol. The average Bonchev–Trinajstić information content (AvgIpc) is 2.63. The van der Waals surface area contributed by atoms with Crippen LogP contribution >= 0.6 is 11.3 Å². The van der Waals surface area contributed by atoms with Gasteiger partial charge < -0.3 is 11.1 Å². The Balaban J connectivity index is 2.35. The van der Waals surface area contributed by atoms with Gasteiger partial charge in [-0.2, -0.15) is 0 Å². The second-order valence-corrected chi connectivity index (χ2v) is 6.33. The zero-order chi connectivity index (χ0) is 14.9. The number of aryl methyl sites for hydroxylation is 3. The summed E-state index contributed by atoms with van der Waals surface area (Å²) in [6.07, 6.45) is 0. The molecule has 0 spiro atoms. The van der Waals surface area contributed by atoms with Crippen molar-refractivity contribution in [1.82, 2.24) is 0 Å². The number of thiophene rings is 1. The molecule has 0 aliphatic rings. The third-order valence-electron chi connectivity index (χ3n) is 3.03. The van der Waals surface area contributed by atoms with E-state index in [1.807, 2.05) is 19.9 Å². The topological polar surface area (TPSA) is 55.1 Å². The molecule has 1 unspecified atom stereocenters. The summed E-state index contributed by atoms with van der Waals surface area (Å²) in [6.45, 7) is 5.72. The van der Waals surface area contributed by atoms with Crippen LogP contribution in [-0.2, 0) is 4.79 Å². The number of carbonyl (C=O) groups excluding carboxylic acids is 1. The standard InChI is InChI=1S/C15H17FN2OS/c1-8-4-11(16)7-12(5-8)18-14(15(17)19)13-6-9(2)20-10(13)3/h4-7,14,18H,1-3H3,(H2,17,19). The molecule has 1 amide bonds. The Kier molecular flexibility index (Phi) is 4.09. The first-order valence-corrected chi connectivity index (χ1v) is 7.08. The van der Waals surface area contributed by atoms with E-state index in [0.717, 1.165) is 20.9 Å². The van der Waals surface area contributed by atoms with Gasteiger partial charge in [0.05, 0.1) is 0 Å². The normalized spacial score (nSPS) is 12.2. The minimum atomic E-state index is -0.652. The second kappa shape index (κ2) is 5.63. The highest BCUT2D eigenvalue weighted by Gasteiger charge is 2.21. The van der Waals surface area contributed by atoms with Gasteiger partial charge in [-0.3, -0.25) is 4.79 Å². The lowest BCUT2D eigenvalue weighted by Gasteiger charge is -2.17. The minimum absolute atomic E-state index is 0.339. The third-order valence-corrected chi connectivity index (χ3v) is 4.01. The van der Waals surface area contributed by atoms with Gasteiger partial charge in [-0.05, 0) is 56.2 Å². The molecule has 1 atom stereocenters. The number of hydrogen-bond donors (Lipinski definition) is 2. The molecule has 1 aromatic heterocycles. The molecule has 0 saturated carbocycles. The molecule has 0 fully saturated rings. The first-order chi connectivity index (χ1) is 9.36. The monoisotopic (exact) mass is 292 g/mol. The maximum Gasteiger partial charge on any atom is 0.244 e. The fourth-order valence-electron chi connectivity index (χ4n) is 2.23. The number of hydrogen-bond acceptors (Lipinski definition) is 3. The highest BCUT2D eigenvalue weighted by atomic mass is 32.1. The predicted molar refractivity (Wildman–Crippen MR) is 80.5 cm³/mol. The van der Waals surface area contributed by atoms with Gasteiger partial charge in [-0.1, -0.05) is 0 Å². The SMILES string of the molecule is Cc1cc(F)cc(NC(C(N)=O)c2cc(C)sc2C)c1. The van der Waals surface area contributed by atoms with E-state index < -0.39 is 11.9 Å². The molecule has 0 saturated heterocycles. The lowest BCUT2D eigenvalue weighted by molar-refractivity contribution is -0.118. The smallest absolute Gasteiger partial charge is 0.244 e. The predicted octanol–water partition coefficient (Wildman–Crippen LogP) is 3.45. The maximum absolute atomic E-state index is 13.4. The van der Waals surface area contributed by atoms with E-state index in [9.17, 15) is 9.18 Å². The lowest BCUT2D eigenvalue weighted by Crippen LogP contribution is -2.28. The molecule has 1 heterocycles. The van der Waals surface area contributed by atoms with E-state index in [2.05, 4.69) is 5.32 Å². The van der Waals surface area contributed by atoms with Gasteiger partial charge in [-0.25, -0.2) is 4.39 Å². The van der Waals surface area contributed by atoms with Crippen molar-refractivity contribution >= 4 is 22.9 Å². The van der Waals surface area contributed by atoms with Crippen LogP contribution in [0.5, 0.6) is 0 Å². The number of amides is 1. The minimum Gasteiger partial charge on any atom is -0.370 e. The molecular formula is C15H17FN2OS. The van der Waals surface area contributed by atoms with Gasteiger partial charge in [0.2, 0.25) is 5.91 Å². The van der Waals surface area contributed by atoms with Gasteiger partial charge in [-0.15, -0.1) is 11.3 Å². The molecule has 2 aromatic rings. The van der Waals surface area contributed by atoms with Crippen molar-refractivity contribution in [1.29, 1.82) is 0 Å². The Morgan fingerprint density at radius 3 is 2.45 bits per heavy atom. The van der Waals surface area contributed by atoms with Gasteiger partial charge in [0, 0.05) is 15.4 Å². The van der Waals surface area contributed by atoms with Crippen LogP contribution in [0.4, 0.5) is 10.1 Å². The molecule has 5 heteroatoms. The lowest BCUT2D eigenvalue weighted by atomic mass is 10.1. The fourth-order valence-corrected chi connectivity index (χ4v) is 3.19. The second-order valence-electron chi connectivity index (χ2n) is 4.87. The zero-order valence-electron chi connectivity index (χ0n) is 11.7. The summed E-state index contributed by atoms with van der Waals surface area (Å²) < 4.78 is 13.4. The van der Waals surface area contributed by atoms with E-state index in [1.54, 1.807) is 24.3 Å². The van der Waals surface area contributed by atoms with Crippen LogP contribution < -0.4 is 11.1 Å². The van der Waals surface area contributed by atoms with Crippen LogP contribution in [0, 0.1) is 26.6 Å².